The summed E-state index contributed by atoms with van der Waals surface area (Å²) in [5.74, 6) is -0.669. The van der Waals surface area contributed by atoms with Crippen LogP contribution in [0.4, 0.5) is 24.5 Å². The molecule has 1 aromatic carbocycles. The van der Waals surface area contributed by atoms with Gasteiger partial charge in [-0.15, -0.1) is 0 Å². The van der Waals surface area contributed by atoms with Gasteiger partial charge < -0.3 is 10.2 Å². The molecule has 0 atom stereocenters. The summed E-state index contributed by atoms with van der Waals surface area (Å²) in [6, 6.07) is 3.12. The van der Waals surface area contributed by atoms with Crippen LogP contribution in [-0.2, 0) is 21.0 Å². The summed E-state index contributed by atoms with van der Waals surface area (Å²) in [5.41, 5.74) is -0.386. The first kappa shape index (κ1) is 21.5. The van der Waals surface area contributed by atoms with Crippen molar-refractivity contribution in [2.24, 2.45) is 0 Å². The van der Waals surface area contributed by atoms with Gasteiger partial charge in [-0.25, -0.2) is 12.7 Å². The molecule has 1 saturated heterocycles. The number of alkyl halides is 3. The quantitative estimate of drug-likeness (QED) is 0.755. The Balaban J connectivity index is 2.00. The zero-order valence-electron chi connectivity index (χ0n) is 15.3. The predicted molar refractivity (Wildman–Crippen MR) is 98.2 cm³/mol. The molecule has 1 fully saturated rings. The first-order valence-electron chi connectivity index (χ1n) is 8.67. The molecule has 27 heavy (non-hydrogen) atoms. The topological polar surface area (TPSA) is 69.7 Å². The maximum absolute atomic E-state index is 12.9. The van der Waals surface area contributed by atoms with Gasteiger partial charge in [-0.1, -0.05) is 0 Å². The lowest BCUT2D eigenvalue weighted by molar-refractivity contribution is -0.137. The lowest BCUT2D eigenvalue weighted by atomic mass is 10.1. The van der Waals surface area contributed by atoms with Gasteiger partial charge in [0.05, 0.1) is 22.7 Å². The SMILES string of the molecule is CN(C)c1ccc(C(F)(F)F)cc1NC(=O)CCCS(=O)(=O)N1CCCC1. The van der Waals surface area contributed by atoms with Crippen LogP contribution in [0.3, 0.4) is 0 Å². The summed E-state index contributed by atoms with van der Waals surface area (Å²) in [5, 5.41) is 2.47. The summed E-state index contributed by atoms with van der Waals surface area (Å²) in [4.78, 5) is 13.7. The molecule has 1 N–H and O–H groups in total. The molecule has 10 heteroatoms. The Kier molecular flexibility index (Phi) is 6.74. The van der Waals surface area contributed by atoms with Crippen molar-refractivity contribution in [3.05, 3.63) is 23.8 Å². The third-order valence-corrected chi connectivity index (χ3v) is 6.30. The number of sulfonamides is 1. The number of nitrogens with one attached hydrogen (secondary N) is 1. The van der Waals surface area contributed by atoms with E-state index >= 15 is 0 Å². The van der Waals surface area contributed by atoms with Crippen LogP contribution in [0.5, 0.6) is 0 Å². The molecule has 1 heterocycles. The molecule has 0 aliphatic carbocycles. The molecule has 0 unspecified atom stereocenters. The fraction of sp³-hybridized carbons (Fsp3) is 0.588. The van der Waals surface area contributed by atoms with Crippen molar-refractivity contribution < 1.29 is 26.4 Å². The van der Waals surface area contributed by atoms with Crippen molar-refractivity contribution in [2.45, 2.75) is 31.9 Å². The molecule has 1 aromatic rings. The maximum Gasteiger partial charge on any atom is 0.416 e. The Morgan fingerprint density at radius 1 is 1.22 bits per heavy atom. The number of nitrogens with zero attached hydrogens (tertiary/aromatic N) is 2. The van der Waals surface area contributed by atoms with Gasteiger partial charge in [0.2, 0.25) is 15.9 Å². The first-order chi connectivity index (χ1) is 12.5. The molecule has 1 aliphatic rings. The van der Waals surface area contributed by atoms with Crippen LogP contribution < -0.4 is 10.2 Å². The van der Waals surface area contributed by atoms with E-state index in [0.717, 1.165) is 25.0 Å². The van der Waals surface area contributed by atoms with Crippen LogP contribution in [0, 0.1) is 0 Å². The summed E-state index contributed by atoms with van der Waals surface area (Å²) in [6.07, 6.45) is -2.82. The second kappa shape index (κ2) is 8.47. The smallest absolute Gasteiger partial charge is 0.376 e. The molecule has 6 nitrogen and oxygen atoms in total. The van der Waals surface area contributed by atoms with E-state index in [1.165, 1.54) is 10.4 Å². The number of hydrogen-bond acceptors (Lipinski definition) is 4. The second-order valence-corrected chi connectivity index (χ2v) is 8.79. The number of halogens is 3. The molecule has 0 bridgehead atoms. The third kappa shape index (κ3) is 5.83. The number of anilines is 2. The van der Waals surface area contributed by atoms with E-state index in [4.69, 9.17) is 0 Å². The van der Waals surface area contributed by atoms with Gasteiger partial charge in [-0.2, -0.15) is 13.2 Å². The van der Waals surface area contributed by atoms with E-state index in [-0.39, 0.29) is 24.3 Å². The van der Waals surface area contributed by atoms with E-state index in [1.807, 2.05) is 0 Å². The average molecular weight is 407 g/mol. The first-order valence-corrected chi connectivity index (χ1v) is 10.3. The van der Waals surface area contributed by atoms with E-state index in [0.29, 0.717) is 18.8 Å². The highest BCUT2D eigenvalue weighted by molar-refractivity contribution is 7.89. The minimum absolute atomic E-state index is 0.0437. The number of rotatable bonds is 7. The molecule has 2 rings (SSSR count). The Hall–Kier alpha value is -1.81. The minimum Gasteiger partial charge on any atom is -0.376 e. The van der Waals surface area contributed by atoms with Gasteiger partial charge in [0.1, 0.15) is 0 Å². The van der Waals surface area contributed by atoms with Crippen molar-refractivity contribution in [2.75, 3.05) is 43.2 Å². The summed E-state index contributed by atoms with van der Waals surface area (Å²) in [7, 11) is -0.0726. The van der Waals surface area contributed by atoms with Crippen LogP contribution >= 0.6 is 0 Å². The Morgan fingerprint density at radius 2 is 1.85 bits per heavy atom. The minimum atomic E-state index is -4.52. The number of amides is 1. The average Bonchev–Trinajstić information content (AvgIpc) is 3.08. The normalized spacial score (nSPS) is 15.7. The molecule has 0 aromatic heterocycles. The van der Waals surface area contributed by atoms with Crippen molar-refractivity contribution in [1.82, 2.24) is 4.31 Å². The van der Waals surface area contributed by atoms with Crippen molar-refractivity contribution in [1.29, 1.82) is 0 Å². The van der Waals surface area contributed by atoms with Crippen LogP contribution in [0.25, 0.3) is 0 Å². The third-order valence-electron chi connectivity index (χ3n) is 4.34. The summed E-state index contributed by atoms with van der Waals surface area (Å²) < 4.78 is 64.5. The van der Waals surface area contributed by atoms with Crippen molar-refractivity contribution >= 4 is 27.3 Å². The van der Waals surface area contributed by atoms with E-state index in [2.05, 4.69) is 5.32 Å². The molecule has 1 amide bonds. The summed E-state index contributed by atoms with van der Waals surface area (Å²) in [6.45, 7) is 1.01. The van der Waals surface area contributed by atoms with E-state index in [9.17, 15) is 26.4 Å². The van der Waals surface area contributed by atoms with Gasteiger partial charge in [0.15, 0.2) is 0 Å². The molecule has 152 valence electrons. The molecule has 1 aliphatic heterocycles. The molecular formula is C17H24F3N3O3S. The highest BCUT2D eigenvalue weighted by atomic mass is 32.2. The molecule has 0 radical (unpaired) electrons. The highest BCUT2D eigenvalue weighted by Gasteiger charge is 2.31. The lowest BCUT2D eigenvalue weighted by Crippen LogP contribution is -2.30. The fourth-order valence-corrected chi connectivity index (χ4v) is 4.51. The molecule has 0 saturated carbocycles. The fourth-order valence-electron chi connectivity index (χ4n) is 2.93. The van der Waals surface area contributed by atoms with Crippen LogP contribution in [0.1, 0.15) is 31.2 Å². The number of hydrogen-bond donors (Lipinski definition) is 1. The standard InChI is InChI=1S/C17H24F3N3O3S/c1-22(2)15-8-7-13(17(18,19)20)12-14(15)21-16(24)6-5-11-27(25,26)23-9-3-4-10-23/h7-8,12H,3-6,9-11H2,1-2H3,(H,21,24). The second-order valence-electron chi connectivity index (χ2n) is 6.70. The van der Waals surface area contributed by atoms with Gasteiger partial charge >= 0.3 is 6.18 Å². The van der Waals surface area contributed by atoms with E-state index in [1.54, 1.807) is 19.0 Å². The zero-order chi connectivity index (χ0) is 20.2. The van der Waals surface area contributed by atoms with Gasteiger partial charge in [-0.3, -0.25) is 4.79 Å². The predicted octanol–water partition coefficient (Wildman–Crippen LogP) is 2.92. The summed E-state index contributed by atoms with van der Waals surface area (Å²) >= 11 is 0. The largest absolute Gasteiger partial charge is 0.416 e. The number of carbonyl (C=O) groups is 1. The van der Waals surface area contributed by atoms with Crippen molar-refractivity contribution in [3.63, 3.8) is 0 Å². The van der Waals surface area contributed by atoms with Crippen LogP contribution in [0.15, 0.2) is 18.2 Å². The monoisotopic (exact) mass is 407 g/mol. The Labute approximate surface area is 157 Å². The lowest BCUT2D eigenvalue weighted by Gasteiger charge is -2.20. The Bertz CT molecular complexity index is 773. The van der Waals surface area contributed by atoms with Gasteiger partial charge in [-0.05, 0) is 37.5 Å². The number of carbonyl (C=O) groups excluding carboxylic acids is 1. The van der Waals surface area contributed by atoms with Crippen LogP contribution in [-0.4, -0.2) is 51.6 Å². The Morgan fingerprint density at radius 3 is 2.41 bits per heavy atom. The zero-order valence-corrected chi connectivity index (χ0v) is 16.2. The highest BCUT2D eigenvalue weighted by Crippen LogP contribution is 2.35. The number of benzene rings is 1. The molecule has 0 spiro atoms. The van der Waals surface area contributed by atoms with Crippen molar-refractivity contribution in [3.8, 4) is 0 Å². The molecular weight excluding hydrogens is 383 g/mol. The van der Waals surface area contributed by atoms with Crippen LogP contribution in [0.2, 0.25) is 0 Å². The van der Waals surface area contributed by atoms with Gasteiger partial charge in [0.25, 0.3) is 0 Å². The maximum atomic E-state index is 12.9. The van der Waals surface area contributed by atoms with E-state index < -0.39 is 27.7 Å². The van der Waals surface area contributed by atoms with Gasteiger partial charge in [0, 0.05) is 33.6 Å².